The molecule has 0 bridgehead atoms. The monoisotopic (exact) mass is 324 g/mol. The molecule has 24 heavy (non-hydrogen) atoms. The van der Waals surface area contributed by atoms with E-state index in [0.717, 1.165) is 48.4 Å². The number of hydrogen-bond acceptors (Lipinski definition) is 3. The van der Waals surface area contributed by atoms with E-state index in [1.165, 1.54) is 5.56 Å². The molecule has 3 aromatic rings. The molecule has 0 atom stereocenters. The van der Waals surface area contributed by atoms with E-state index < -0.39 is 0 Å². The quantitative estimate of drug-likeness (QED) is 0.638. The van der Waals surface area contributed by atoms with E-state index in [4.69, 9.17) is 4.74 Å². The molecule has 0 spiro atoms. The van der Waals surface area contributed by atoms with Crippen molar-refractivity contribution in [3.05, 3.63) is 59.9 Å². The van der Waals surface area contributed by atoms with Crippen molar-refractivity contribution in [2.24, 2.45) is 0 Å². The third kappa shape index (κ3) is 3.77. The predicted molar refractivity (Wildman–Crippen MR) is 96.2 cm³/mol. The van der Waals surface area contributed by atoms with E-state index in [-0.39, 0.29) is 6.61 Å². The van der Waals surface area contributed by atoms with Crippen molar-refractivity contribution >= 4 is 11.0 Å². The Balaban J connectivity index is 1.51. The highest BCUT2D eigenvalue weighted by Crippen LogP contribution is 2.17. The molecule has 0 saturated heterocycles. The van der Waals surface area contributed by atoms with Crippen molar-refractivity contribution in [2.75, 3.05) is 6.61 Å². The summed E-state index contributed by atoms with van der Waals surface area (Å²) in [4.78, 5) is 4.48. The number of benzene rings is 2. The number of unbranched alkanes of at least 4 members (excludes halogenated alkanes) is 1. The minimum absolute atomic E-state index is 0.0328. The van der Waals surface area contributed by atoms with Crippen LogP contribution in [-0.4, -0.2) is 21.3 Å². The molecular formula is C20H24N2O2. The minimum Gasteiger partial charge on any atom is -0.494 e. The third-order valence-electron chi connectivity index (χ3n) is 4.25. The Bertz CT molecular complexity index is 778. The molecule has 4 nitrogen and oxygen atoms in total. The molecule has 0 aliphatic carbocycles. The standard InChI is InChI=1S/C20H24N2O2/c1-2-16-9-11-17(12-10-16)24-14-6-5-13-22-19-8-4-3-7-18(19)21-20(22)15-23/h3-4,7-12,23H,2,5-6,13-15H2,1H3. The van der Waals surface area contributed by atoms with Gasteiger partial charge in [0.15, 0.2) is 0 Å². The number of aryl methyl sites for hydroxylation is 2. The van der Waals surface area contributed by atoms with Crippen molar-refractivity contribution in [3.63, 3.8) is 0 Å². The summed E-state index contributed by atoms with van der Waals surface area (Å²) in [5.41, 5.74) is 3.34. The van der Waals surface area contributed by atoms with Gasteiger partial charge in [0.05, 0.1) is 17.6 Å². The summed E-state index contributed by atoms with van der Waals surface area (Å²) < 4.78 is 7.90. The van der Waals surface area contributed by atoms with E-state index >= 15 is 0 Å². The van der Waals surface area contributed by atoms with Gasteiger partial charge < -0.3 is 14.4 Å². The molecular weight excluding hydrogens is 300 g/mol. The first-order chi connectivity index (χ1) is 11.8. The molecule has 4 heteroatoms. The van der Waals surface area contributed by atoms with Gasteiger partial charge in [0.1, 0.15) is 18.2 Å². The zero-order chi connectivity index (χ0) is 16.8. The summed E-state index contributed by atoms with van der Waals surface area (Å²) in [5, 5.41) is 9.51. The van der Waals surface area contributed by atoms with E-state index in [0.29, 0.717) is 6.61 Å². The van der Waals surface area contributed by atoms with Gasteiger partial charge in [-0.2, -0.15) is 0 Å². The lowest BCUT2D eigenvalue weighted by Gasteiger charge is -2.09. The molecule has 0 aliphatic rings. The SMILES string of the molecule is CCc1ccc(OCCCCn2c(CO)nc3ccccc32)cc1. The van der Waals surface area contributed by atoms with Crippen LogP contribution in [0.1, 0.15) is 31.2 Å². The summed E-state index contributed by atoms with van der Waals surface area (Å²) in [5.74, 6) is 1.66. The van der Waals surface area contributed by atoms with Crippen LogP contribution in [0.3, 0.4) is 0 Å². The number of aliphatic hydroxyl groups is 1. The summed E-state index contributed by atoms with van der Waals surface area (Å²) in [6, 6.07) is 16.3. The van der Waals surface area contributed by atoms with E-state index in [9.17, 15) is 5.11 Å². The van der Waals surface area contributed by atoms with Gasteiger partial charge in [0, 0.05) is 6.54 Å². The maximum Gasteiger partial charge on any atom is 0.135 e. The number of hydrogen-bond donors (Lipinski definition) is 1. The fourth-order valence-electron chi connectivity index (χ4n) is 2.88. The third-order valence-corrected chi connectivity index (χ3v) is 4.25. The van der Waals surface area contributed by atoms with Crippen LogP contribution in [0.25, 0.3) is 11.0 Å². The van der Waals surface area contributed by atoms with Crippen molar-refractivity contribution in [1.29, 1.82) is 0 Å². The number of nitrogens with zero attached hydrogens (tertiary/aromatic N) is 2. The topological polar surface area (TPSA) is 47.3 Å². The number of rotatable bonds is 8. The second-order valence-electron chi connectivity index (χ2n) is 5.88. The van der Waals surface area contributed by atoms with Crippen LogP contribution in [-0.2, 0) is 19.6 Å². The van der Waals surface area contributed by atoms with Crippen LogP contribution in [0.4, 0.5) is 0 Å². The molecule has 1 aromatic heterocycles. The van der Waals surface area contributed by atoms with Crippen LogP contribution < -0.4 is 4.74 Å². The number of para-hydroxylation sites is 2. The Morgan fingerprint density at radius 2 is 1.83 bits per heavy atom. The van der Waals surface area contributed by atoms with Gasteiger partial charge in [-0.1, -0.05) is 31.2 Å². The first kappa shape index (κ1) is 16.5. The van der Waals surface area contributed by atoms with Gasteiger partial charge in [-0.25, -0.2) is 4.98 Å². The van der Waals surface area contributed by atoms with Crippen molar-refractivity contribution < 1.29 is 9.84 Å². The van der Waals surface area contributed by atoms with E-state index in [2.05, 4.69) is 28.6 Å². The van der Waals surface area contributed by atoms with Crippen LogP contribution in [0.5, 0.6) is 5.75 Å². The first-order valence-corrected chi connectivity index (χ1v) is 8.58. The van der Waals surface area contributed by atoms with Gasteiger partial charge in [0.25, 0.3) is 0 Å². The van der Waals surface area contributed by atoms with E-state index in [1.807, 2.05) is 36.4 Å². The average molecular weight is 324 g/mol. The molecule has 3 rings (SSSR count). The molecule has 1 heterocycles. The molecule has 126 valence electrons. The number of fused-ring (bicyclic) bond motifs is 1. The Kier molecular flexibility index (Phi) is 5.49. The van der Waals surface area contributed by atoms with Crippen LogP contribution in [0, 0.1) is 0 Å². The van der Waals surface area contributed by atoms with Gasteiger partial charge >= 0.3 is 0 Å². The lowest BCUT2D eigenvalue weighted by Crippen LogP contribution is -2.06. The first-order valence-electron chi connectivity index (χ1n) is 8.58. The predicted octanol–water partition coefficient (Wildman–Crippen LogP) is 3.95. The van der Waals surface area contributed by atoms with Crippen LogP contribution in [0.2, 0.25) is 0 Å². The highest BCUT2D eigenvalue weighted by molar-refractivity contribution is 5.75. The lowest BCUT2D eigenvalue weighted by molar-refractivity contribution is 0.263. The number of imidazole rings is 1. The molecule has 1 N–H and O–H groups in total. The maximum absolute atomic E-state index is 9.51. The van der Waals surface area contributed by atoms with Crippen molar-refractivity contribution in [3.8, 4) is 5.75 Å². The number of aliphatic hydroxyl groups excluding tert-OH is 1. The smallest absolute Gasteiger partial charge is 0.135 e. The van der Waals surface area contributed by atoms with Gasteiger partial charge in [0.2, 0.25) is 0 Å². The second-order valence-corrected chi connectivity index (χ2v) is 5.88. The Morgan fingerprint density at radius 1 is 1.04 bits per heavy atom. The van der Waals surface area contributed by atoms with Crippen molar-refractivity contribution in [2.45, 2.75) is 39.3 Å². The Morgan fingerprint density at radius 3 is 2.58 bits per heavy atom. The molecule has 0 aliphatic heterocycles. The molecule has 0 fully saturated rings. The normalized spacial score (nSPS) is 11.1. The summed E-state index contributed by atoms with van der Waals surface area (Å²) >= 11 is 0. The molecule has 0 amide bonds. The van der Waals surface area contributed by atoms with Crippen LogP contribution >= 0.6 is 0 Å². The summed E-state index contributed by atoms with van der Waals surface area (Å²) in [6.07, 6.45) is 3.00. The zero-order valence-electron chi connectivity index (χ0n) is 14.1. The lowest BCUT2D eigenvalue weighted by atomic mass is 10.2. The Labute approximate surface area is 142 Å². The fraction of sp³-hybridized carbons (Fsp3) is 0.350. The highest BCUT2D eigenvalue weighted by atomic mass is 16.5. The highest BCUT2D eigenvalue weighted by Gasteiger charge is 2.08. The van der Waals surface area contributed by atoms with Gasteiger partial charge in [-0.15, -0.1) is 0 Å². The van der Waals surface area contributed by atoms with Crippen molar-refractivity contribution in [1.82, 2.24) is 9.55 Å². The zero-order valence-corrected chi connectivity index (χ0v) is 14.1. The van der Waals surface area contributed by atoms with E-state index in [1.54, 1.807) is 0 Å². The minimum atomic E-state index is -0.0328. The summed E-state index contributed by atoms with van der Waals surface area (Å²) in [6.45, 7) is 3.66. The number of ether oxygens (including phenoxy) is 1. The molecule has 2 aromatic carbocycles. The summed E-state index contributed by atoms with van der Waals surface area (Å²) in [7, 11) is 0. The van der Waals surface area contributed by atoms with Crippen LogP contribution in [0.15, 0.2) is 48.5 Å². The van der Waals surface area contributed by atoms with Gasteiger partial charge in [-0.3, -0.25) is 0 Å². The fourth-order valence-corrected chi connectivity index (χ4v) is 2.88. The Hall–Kier alpha value is -2.33. The second kappa shape index (κ2) is 7.97. The molecule has 0 radical (unpaired) electrons. The maximum atomic E-state index is 9.51. The molecule has 0 saturated carbocycles. The average Bonchev–Trinajstić information content (AvgIpc) is 3.00. The largest absolute Gasteiger partial charge is 0.494 e. The van der Waals surface area contributed by atoms with Gasteiger partial charge in [-0.05, 0) is 49.1 Å². The molecule has 0 unspecified atom stereocenters. The number of aromatic nitrogens is 2.